The van der Waals surface area contributed by atoms with Gasteiger partial charge in [-0.15, -0.1) is 0 Å². The monoisotopic (exact) mass is 283 g/mol. The Labute approximate surface area is 126 Å². The summed E-state index contributed by atoms with van der Waals surface area (Å²) in [5, 5.41) is 3.28. The second-order valence-electron chi connectivity index (χ2n) is 6.03. The Balaban J connectivity index is 1.70. The second kappa shape index (κ2) is 6.40. The summed E-state index contributed by atoms with van der Waals surface area (Å²) in [5.74, 6) is 1.74. The van der Waals surface area contributed by atoms with Crippen LogP contribution in [0.15, 0.2) is 54.6 Å². The van der Waals surface area contributed by atoms with Crippen LogP contribution in [0.25, 0.3) is 0 Å². The molecule has 1 saturated carbocycles. The molecule has 0 saturated heterocycles. The maximum atomic E-state index is 13.9. The molecule has 1 fully saturated rings. The number of hydrogen-bond donors (Lipinski definition) is 1. The average molecular weight is 283 g/mol. The molecule has 0 heterocycles. The molecule has 1 nitrogen and oxygen atoms in total. The molecule has 1 N–H and O–H groups in total. The van der Waals surface area contributed by atoms with Gasteiger partial charge >= 0.3 is 0 Å². The molecule has 3 rings (SSSR count). The highest BCUT2D eigenvalue weighted by atomic mass is 19.1. The van der Waals surface area contributed by atoms with E-state index in [1.54, 1.807) is 12.1 Å². The molecule has 0 bridgehead atoms. The van der Waals surface area contributed by atoms with Crippen molar-refractivity contribution in [1.82, 2.24) is 5.32 Å². The lowest BCUT2D eigenvalue weighted by Crippen LogP contribution is -2.23. The largest absolute Gasteiger partial charge is 0.319 e. The number of nitrogens with one attached hydrogen (secondary N) is 1. The Hall–Kier alpha value is -1.67. The standard InChI is InChI=1S/C19H22FN/c1-21-13-16(11-15-9-5-6-10-19(15)20)18-12-17(18)14-7-3-2-4-8-14/h2-10,16-18,21H,11-13H2,1H3. The van der Waals surface area contributed by atoms with Gasteiger partial charge in [0.15, 0.2) is 0 Å². The van der Waals surface area contributed by atoms with E-state index in [9.17, 15) is 4.39 Å². The quantitative estimate of drug-likeness (QED) is 0.844. The second-order valence-corrected chi connectivity index (χ2v) is 6.03. The van der Waals surface area contributed by atoms with E-state index in [-0.39, 0.29) is 5.82 Å². The van der Waals surface area contributed by atoms with Crippen LogP contribution in [0.5, 0.6) is 0 Å². The fraction of sp³-hybridized carbons (Fsp3) is 0.368. The number of hydrogen-bond acceptors (Lipinski definition) is 1. The van der Waals surface area contributed by atoms with Crippen LogP contribution in [0.4, 0.5) is 4.39 Å². The lowest BCUT2D eigenvalue weighted by Gasteiger charge is -2.17. The van der Waals surface area contributed by atoms with Gasteiger partial charge in [0.2, 0.25) is 0 Å². The molecular formula is C19H22FN. The number of rotatable bonds is 6. The topological polar surface area (TPSA) is 12.0 Å². The first-order valence-corrected chi connectivity index (χ1v) is 7.72. The van der Waals surface area contributed by atoms with Crippen LogP contribution in [0.2, 0.25) is 0 Å². The van der Waals surface area contributed by atoms with Crippen LogP contribution in [-0.4, -0.2) is 13.6 Å². The van der Waals surface area contributed by atoms with E-state index in [1.165, 1.54) is 12.0 Å². The van der Waals surface area contributed by atoms with Gasteiger partial charge < -0.3 is 5.32 Å². The van der Waals surface area contributed by atoms with Crippen molar-refractivity contribution in [2.75, 3.05) is 13.6 Å². The van der Waals surface area contributed by atoms with Crippen LogP contribution >= 0.6 is 0 Å². The third kappa shape index (κ3) is 3.33. The molecule has 3 unspecified atom stereocenters. The number of halogens is 1. The van der Waals surface area contributed by atoms with E-state index in [0.29, 0.717) is 17.8 Å². The first kappa shape index (κ1) is 14.3. The summed E-state index contributed by atoms with van der Waals surface area (Å²) in [5.41, 5.74) is 2.27. The fourth-order valence-corrected chi connectivity index (χ4v) is 3.40. The maximum absolute atomic E-state index is 13.9. The summed E-state index contributed by atoms with van der Waals surface area (Å²) < 4.78 is 13.9. The molecule has 1 aliphatic carbocycles. The molecule has 0 spiro atoms. The van der Waals surface area contributed by atoms with Crippen molar-refractivity contribution in [3.05, 3.63) is 71.5 Å². The van der Waals surface area contributed by atoms with Crippen molar-refractivity contribution in [2.45, 2.75) is 18.8 Å². The molecule has 0 amide bonds. The van der Waals surface area contributed by atoms with E-state index in [4.69, 9.17) is 0 Å². The Morgan fingerprint density at radius 3 is 2.52 bits per heavy atom. The third-order valence-corrected chi connectivity index (χ3v) is 4.58. The zero-order valence-corrected chi connectivity index (χ0v) is 12.4. The Kier molecular flexibility index (Phi) is 4.35. The molecule has 2 aromatic carbocycles. The lowest BCUT2D eigenvalue weighted by atomic mass is 9.92. The SMILES string of the molecule is CNCC(Cc1ccccc1F)C1CC1c1ccccc1. The molecule has 1 aliphatic rings. The van der Waals surface area contributed by atoms with Crippen molar-refractivity contribution < 1.29 is 4.39 Å². The van der Waals surface area contributed by atoms with E-state index in [0.717, 1.165) is 18.5 Å². The van der Waals surface area contributed by atoms with Crippen LogP contribution in [-0.2, 0) is 6.42 Å². The zero-order valence-electron chi connectivity index (χ0n) is 12.4. The third-order valence-electron chi connectivity index (χ3n) is 4.58. The van der Waals surface area contributed by atoms with Gasteiger partial charge in [0, 0.05) is 0 Å². The number of benzene rings is 2. The van der Waals surface area contributed by atoms with Crippen molar-refractivity contribution in [3.63, 3.8) is 0 Å². The molecule has 21 heavy (non-hydrogen) atoms. The van der Waals surface area contributed by atoms with Gasteiger partial charge in [-0.2, -0.15) is 0 Å². The molecule has 110 valence electrons. The Morgan fingerprint density at radius 1 is 1.10 bits per heavy atom. The van der Waals surface area contributed by atoms with E-state index in [2.05, 4.69) is 35.6 Å². The van der Waals surface area contributed by atoms with Crippen LogP contribution in [0.1, 0.15) is 23.5 Å². The minimum Gasteiger partial charge on any atom is -0.319 e. The van der Waals surface area contributed by atoms with Gasteiger partial charge in [0.05, 0.1) is 0 Å². The van der Waals surface area contributed by atoms with Crippen molar-refractivity contribution in [3.8, 4) is 0 Å². The minimum atomic E-state index is -0.0736. The summed E-state index contributed by atoms with van der Waals surface area (Å²) in [6.07, 6.45) is 2.05. The predicted molar refractivity (Wildman–Crippen MR) is 84.8 cm³/mol. The van der Waals surface area contributed by atoms with Gasteiger partial charge in [-0.25, -0.2) is 4.39 Å². The van der Waals surface area contributed by atoms with Crippen molar-refractivity contribution >= 4 is 0 Å². The zero-order chi connectivity index (χ0) is 14.7. The van der Waals surface area contributed by atoms with E-state index >= 15 is 0 Å². The summed E-state index contributed by atoms with van der Waals surface area (Å²) in [6, 6.07) is 17.9. The van der Waals surface area contributed by atoms with Gasteiger partial charge in [-0.05, 0) is 61.4 Å². The first-order chi connectivity index (χ1) is 10.3. The van der Waals surface area contributed by atoms with Crippen molar-refractivity contribution in [1.29, 1.82) is 0 Å². The van der Waals surface area contributed by atoms with Gasteiger partial charge in [-0.1, -0.05) is 48.5 Å². The first-order valence-electron chi connectivity index (χ1n) is 7.72. The highest BCUT2D eigenvalue weighted by molar-refractivity contribution is 5.27. The highest BCUT2D eigenvalue weighted by Gasteiger charge is 2.43. The smallest absolute Gasteiger partial charge is 0.126 e. The fourth-order valence-electron chi connectivity index (χ4n) is 3.40. The normalized spacial score (nSPS) is 22.0. The molecule has 3 atom stereocenters. The summed E-state index contributed by atoms with van der Waals surface area (Å²) in [4.78, 5) is 0. The van der Waals surface area contributed by atoms with Crippen LogP contribution in [0, 0.1) is 17.7 Å². The van der Waals surface area contributed by atoms with Gasteiger partial charge in [0.25, 0.3) is 0 Å². The van der Waals surface area contributed by atoms with Crippen molar-refractivity contribution in [2.24, 2.45) is 11.8 Å². The van der Waals surface area contributed by atoms with Gasteiger partial charge in [-0.3, -0.25) is 0 Å². The molecule has 2 aromatic rings. The molecule has 2 heteroatoms. The molecular weight excluding hydrogens is 261 g/mol. The van der Waals surface area contributed by atoms with E-state index in [1.807, 2.05) is 19.2 Å². The summed E-state index contributed by atoms with van der Waals surface area (Å²) >= 11 is 0. The predicted octanol–water partition coefficient (Wildman–Crippen LogP) is 4.01. The van der Waals surface area contributed by atoms with Crippen LogP contribution < -0.4 is 5.32 Å². The lowest BCUT2D eigenvalue weighted by molar-refractivity contribution is 0.424. The molecule has 0 aromatic heterocycles. The summed E-state index contributed by atoms with van der Waals surface area (Å²) in [6.45, 7) is 0.947. The average Bonchev–Trinajstić information content (AvgIpc) is 3.30. The molecule has 0 radical (unpaired) electrons. The Morgan fingerprint density at radius 2 is 1.81 bits per heavy atom. The Bertz CT molecular complexity index is 581. The maximum Gasteiger partial charge on any atom is 0.126 e. The minimum absolute atomic E-state index is 0.0736. The summed E-state index contributed by atoms with van der Waals surface area (Å²) in [7, 11) is 1.98. The van der Waals surface area contributed by atoms with E-state index < -0.39 is 0 Å². The van der Waals surface area contributed by atoms with Crippen LogP contribution in [0.3, 0.4) is 0 Å². The molecule has 0 aliphatic heterocycles. The van der Waals surface area contributed by atoms with Gasteiger partial charge in [0.1, 0.15) is 5.82 Å². The highest BCUT2D eigenvalue weighted by Crippen LogP contribution is 2.52.